The van der Waals surface area contributed by atoms with E-state index in [4.69, 9.17) is 0 Å². The highest BCUT2D eigenvalue weighted by Gasteiger charge is 2.33. The molecule has 0 N–H and O–H groups in total. The fourth-order valence-corrected chi connectivity index (χ4v) is 0.335. The zero-order valence-electron chi connectivity index (χ0n) is 6.10. The molecular weight excluding hydrogens is 139 g/mol. The Hall–Kier alpha value is -0.930. The SMILES string of the molecule is COC(=O)C(=O)C(C)(C)F. The lowest BCUT2D eigenvalue weighted by Crippen LogP contribution is -2.33. The molecule has 0 amide bonds. The zero-order chi connectivity index (χ0) is 8.36. The van der Waals surface area contributed by atoms with E-state index in [9.17, 15) is 14.0 Å². The Labute approximate surface area is 58.2 Å². The van der Waals surface area contributed by atoms with Crippen molar-refractivity contribution in [2.45, 2.75) is 19.5 Å². The lowest BCUT2D eigenvalue weighted by Gasteiger charge is -2.08. The summed E-state index contributed by atoms with van der Waals surface area (Å²) in [6.07, 6.45) is 0. The van der Waals surface area contributed by atoms with E-state index in [0.717, 1.165) is 21.0 Å². The molecule has 0 aromatic rings. The van der Waals surface area contributed by atoms with Crippen LogP contribution in [0.4, 0.5) is 4.39 Å². The molecule has 0 saturated heterocycles. The Morgan fingerprint density at radius 1 is 1.40 bits per heavy atom. The van der Waals surface area contributed by atoms with Crippen LogP contribution in [0.2, 0.25) is 0 Å². The molecule has 0 saturated carbocycles. The second-order valence-corrected chi connectivity index (χ2v) is 2.29. The summed E-state index contributed by atoms with van der Waals surface area (Å²) in [4.78, 5) is 20.9. The number of carbonyl (C=O) groups is 2. The summed E-state index contributed by atoms with van der Waals surface area (Å²) >= 11 is 0. The number of hydrogen-bond donors (Lipinski definition) is 0. The molecular formula is C6H9FO3. The Balaban J connectivity index is 4.24. The number of halogens is 1. The van der Waals surface area contributed by atoms with Gasteiger partial charge < -0.3 is 4.74 Å². The van der Waals surface area contributed by atoms with E-state index >= 15 is 0 Å². The number of carbonyl (C=O) groups excluding carboxylic acids is 2. The van der Waals surface area contributed by atoms with Gasteiger partial charge in [0.2, 0.25) is 0 Å². The average molecular weight is 148 g/mol. The molecule has 0 rings (SSSR count). The van der Waals surface area contributed by atoms with Gasteiger partial charge in [0, 0.05) is 0 Å². The van der Waals surface area contributed by atoms with Crippen molar-refractivity contribution in [2.75, 3.05) is 7.11 Å². The van der Waals surface area contributed by atoms with Crippen molar-refractivity contribution in [3.05, 3.63) is 0 Å². The smallest absolute Gasteiger partial charge is 0.377 e. The standard InChI is InChI=1S/C6H9FO3/c1-6(2,7)4(8)5(9)10-3/h1-3H3. The first-order chi connectivity index (χ1) is 4.39. The van der Waals surface area contributed by atoms with Crippen LogP contribution < -0.4 is 0 Å². The minimum atomic E-state index is -2.13. The highest BCUT2D eigenvalue weighted by atomic mass is 19.1. The van der Waals surface area contributed by atoms with E-state index in [1.807, 2.05) is 0 Å². The number of rotatable bonds is 2. The summed E-state index contributed by atoms with van der Waals surface area (Å²) in [5.41, 5.74) is -2.13. The van der Waals surface area contributed by atoms with E-state index in [1.54, 1.807) is 0 Å². The van der Waals surface area contributed by atoms with Crippen molar-refractivity contribution >= 4 is 11.8 Å². The molecule has 0 aromatic carbocycles. The second-order valence-electron chi connectivity index (χ2n) is 2.29. The Morgan fingerprint density at radius 2 is 1.80 bits per heavy atom. The minimum Gasteiger partial charge on any atom is -0.463 e. The van der Waals surface area contributed by atoms with E-state index in [1.165, 1.54) is 0 Å². The molecule has 3 nitrogen and oxygen atoms in total. The molecule has 10 heavy (non-hydrogen) atoms. The summed E-state index contributed by atoms with van der Waals surface area (Å²) in [5.74, 6) is -2.30. The van der Waals surface area contributed by atoms with Gasteiger partial charge in [0.05, 0.1) is 7.11 Å². The van der Waals surface area contributed by atoms with Crippen LogP contribution in [0, 0.1) is 0 Å². The number of Topliss-reactive ketones (excluding diaryl/α,β-unsaturated/α-hetero) is 1. The van der Waals surface area contributed by atoms with Gasteiger partial charge in [0.15, 0.2) is 5.67 Å². The molecule has 0 unspecified atom stereocenters. The molecule has 58 valence electrons. The summed E-state index contributed by atoms with van der Waals surface area (Å²) in [6.45, 7) is 2.01. The van der Waals surface area contributed by atoms with Gasteiger partial charge in [0.1, 0.15) is 0 Å². The first-order valence-corrected chi connectivity index (χ1v) is 2.71. The third-order valence-electron chi connectivity index (χ3n) is 0.911. The first kappa shape index (κ1) is 9.07. The Kier molecular flexibility index (Phi) is 2.51. The van der Waals surface area contributed by atoms with E-state index < -0.39 is 17.4 Å². The van der Waals surface area contributed by atoms with Gasteiger partial charge >= 0.3 is 5.97 Å². The summed E-state index contributed by atoms with van der Waals surface area (Å²) < 4.78 is 16.6. The van der Waals surface area contributed by atoms with Crippen LogP contribution in [-0.4, -0.2) is 24.5 Å². The summed E-state index contributed by atoms with van der Waals surface area (Å²) in [7, 11) is 1.03. The third-order valence-corrected chi connectivity index (χ3v) is 0.911. The largest absolute Gasteiger partial charge is 0.463 e. The van der Waals surface area contributed by atoms with Crippen molar-refractivity contribution in [1.82, 2.24) is 0 Å². The van der Waals surface area contributed by atoms with Crippen LogP contribution in [0.1, 0.15) is 13.8 Å². The van der Waals surface area contributed by atoms with Crippen LogP contribution >= 0.6 is 0 Å². The fraction of sp³-hybridized carbons (Fsp3) is 0.667. The normalized spacial score (nSPS) is 10.8. The molecule has 0 bridgehead atoms. The van der Waals surface area contributed by atoms with Crippen molar-refractivity contribution < 1.29 is 18.7 Å². The number of ketones is 1. The van der Waals surface area contributed by atoms with Crippen molar-refractivity contribution in [1.29, 1.82) is 0 Å². The maximum Gasteiger partial charge on any atom is 0.377 e. The average Bonchev–Trinajstić information content (AvgIpc) is 1.83. The van der Waals surface area contributed by atoms with Crippen LogP contribution in [0.15, 0.2) is 0 Å². The molecule has 4 heteroatoms. The number of esters is 1. The minimum absolute atomic E-state index is 1.01. The van der Waals surface area contributed by atoms with Crippen LogP contribution in [0.5, 0.6) is 0 Å². The number of methoxy groups -OCH3 is 1. The highest BCUT2D eigenvalue weighted by molar-refractivity contribution is 6.36. The molecule has 0 radical (unpaired) electrons. The van der Waals surface area contributed by atoms with E-state index in [2.05, 4.69) is 4.74 Å². The molecule has 0 spiro atoms. The molecule has 0 aromatic heterocycles. The van der Waals surface area contributed by atoms with E-state index in [-0.39, 0.29) is 0 Å². The van der Waals surface area contributed by atoms with Crippen LogP contribution in [-0.2, 0) is 14.3 Å². The lowest BCUT2D eigenvalue weighted by molar-refractivity contribution is -0.156. The van der Waals surface area contributed by atoms with Gasteiger partial charge in [-0.25, -0.2) is 9.18 Å². The van der Waals surface area contributed by atoms with Gasteiger partial charge in [-0.05, 0) is 13.8 Å². The molecule has 0 aliphatic rings. The monoisotopic (exact) mass is 148 g/mol. The Bertz CT molecular complexity index is 157. The lowest BCUT2D eigenvalue weighted by atomic mass is 10.1. The maximum absolute atomic E-state index is 12.6. The quantitative estimate of drug-likeness (QED) is 0.422. The topological polar surface area (TPSA) is 43.4 Å². The second kappa shape index (κ2) is 2.77. The fourth-order valence-electron chi connectivity index (χ4n) is 0.335. The molecule has 0 aliphatic heterocycles. The van der Waals surface area contributed by atoms with Gasteiger partial charge in [-0.1, -0.05) is 0 Å². The Morgan fingerprint density at radius 3 is 1.90 bits per heavy atom. The predicted octanol–water partition coefficient (Wildman–Crippen LogP) is 0.477. The van der Waals surface area contributed by atoms with Crippen LogP contribution in [0.3, 0.4) is 0 Å². The molecule has 0 atom stereocenters. The maximum atomic E-state index is 12.6. The van der Waals surface area contributed by atoms with Crippen LogP contribution in [0.25, 0.3) is 0 Å². The molecule has 0 heterocycles. The highest BCUT2D eigenvalue weighted by Crippen LogP contribution is 2.09. The third kappa shape index (κ3) is 2.13. The first-order valence-electron chi connectivity index (χ1n) is 2.71. The summed E-state index contributed by atoms with van der Waals surface area (Å²) in [5, 5.41) is 0. The van der Waals surface area contributed by atoms with Gasteiger partial charge in [-0.2, -0.15) is 0 Å². The number of hydrogen-bond acceptors (Lipinski definition) is 3. The van der Waals surface area contributed by atoms with Gasteiger partial charge in [-0.15, -0.1) is 0 Å². The zero-order valence-corrected chi connectivity index (χ0v) is 6.10. The van der Waals surface area contributed by atoms with Gasteiger partial charge in [-0.3, -0.25) is 4.79 Å². The molecule has 0 aliphatic carbocycles. The number of alkyl halides is 1. The predicted molar refractivity (Wildman–Crippen MR) is 32.2 cm³/mol. The van der Waals surface area contributed by atoms with Crippen molar-refractivity contribution in [2.24, 2.45) is 0 Å². The van der Waals surface area contributed by atoms with E-state index in [0.29, 0.717) is 0 Å². The summed E-state index contributed by atoms with van der Waals surface area (Å²) in [6, 6.07) is 0. The van der Waals surface area contributed by atoms with Gasteiger partial charge in [0.25, 0.3) is 5.78 Å². The van der Waals surface area contributed by atoms with Crippen molar-refractivity contribution in [3.63, 3.8) is 0 Å². The molecule has 0 fully saturated rings. The van der Waals surface area contributed by atoms with Crippen molar-refractivity contribution in [3.8, 4) is 0 Å². The number of ether oxygens (including phenoxy) is 1.